The van der Waals surface area contributed by atoms with E-state index in [1.165, 1.54) is 0 Å². The zero-order valence-corrected chi connectivity index (χ0v) is 13.1. The van der Waals surface area contributed by atoms with Crippen LogP contribution < -0.4 is 5.32 Å². The number of halogens is 1. The van der Waals surface area contributed by atoms with E-state index in [0.29, 0.717) is 16.7 Å². The van der Waals surface area contributed by atoms with Gasteiger partial charge in [0, 0.05) is 23.7 Å². The van der Waals surface area contributed by atoms with Gasteiger partial charge < -0.3 is 10.2 Å². The van der Waals surface area contributed by atoms with Crippen molar-refractivity contribution in [3.63, 3.8) is 0 Å². The Morgan fingerprint density at radius 2 is 2.00 bits per heavy atom. The molecule has 2 aromatic rings. The molecule has 7 heteroatoms. The molecule has 0 bridgehead atoms. The molecule has 116 valence electrons. The molecule has 1 saturated heterocycles. The van der Waals surface area contributed by atoms with E-state index in [9.17, 15) is 4.79 Å². The normalized spacial score (nSPS) is 15.8. The topological polar surface area (TPSA) is 73.9 Å². The fourth-order valence-corrected chi connectivity index (χ4v) is 2.59. The third-order valence-corrected chi connectivity index (χ3v) is 4.00. The maximum Gasteiger partial charge on any atom is 0.317 e. The summed E-state index contributed by atoms with van der Waals surface area (Å²) in [5.41, 5.74) is 0.880. The molecule has 0 saturated carbocycles. The maximum atomic E-state index is 12.1. The number of hydrogen-bond donors (Lipinski definition) is 2. The van der Waals surface area contributed by atoms with Crippen LogP contribution in [0.2, 0.25) is 5.02 Å². The van der Waals surface area contributed by atoms with Crippen LogP contribution in [-0.4, -0.2) is 39.2 Å². The van der Waals surface area contributed by atoms with Gasteiger partial charge in [-0.2, -0.15) is 5.10 Å². The van der Waals surface area contributed by atoms with E-state index < -0.39 is 0 Å². The number of aromatic nitrogens is 3. The highest BCUT2D eigenvalue weighted by atomic mass is 35.5. The summed E-state index contributed by atoms with van der Waals surface area (Å²) in [4.78, 5) is 18.4. The number of nitrogens with zero attached hydrogens (tertiary/aromatic N) is 3. The Kier molecular flexibility index (Phi) is 4.29. The lowest BCUT2D eigenvalue weighted by Gasteiger charge is -2.19. The Morgan fingerprint density at radius 3 is 2.68 bits per heavy atom. The van der Waals surface area contributed by atoms with Gasteiger partial charge in [0.1, 0.15) is 5.82 Å². The standard InChI is InChI=1S/C15H18ClN5O/c1-10(17-15(22)21-8-2-3-9-21)13-18-14(20-19-13)11-4-6-12(16)7-5-11/h4-7,10H,2-3,8-9H2,1H3,(H,17,22)(H,18,19,20)/t10-/m0/s1. The first-order chi connectivity index (χ1) is 10.6. The molecular weight excluding hydrogens is 302 g/mol. The lowest BCUT2D eigenvalue weighted by atomic mass is 10.2. The van der Waals surface area contributed by atoms with Crippen molar-refractivity contribution < 1.29 is 4.79 Å². The number of carbonyl (C=O) groups excluding carboxylic acids is 1. The lowest BCUT2D eigenvalue weighted by molar-refractivity contribution is 0.205. The number of nitrogens with one attached hydrogen (secondary N) is 2. The number of urea groups is 1. The van der Waals surface area contributed by atoms with Crippen molar-refractivity contribution in [3.05, 3.63) is 35.1 Å². The first kappa shape index (κ1) is 14.8. The van der Waals surface area contributed by atoms with Crippen LogP contribution in [0, 0.1) is 0 Å². The highest BCUT2D eigenvalue weighted by molar-refractivity contribution is 6.30. The van der Waals surface area contributed by atoms with Gasteiger partial charge >= 0.3 is 6.03 Å². The summed E-state index contributed by atoms with van der Waals surface area (Å²) >= 11 is 5.87. The molecule has 1 aromatic heterocycles. The van der Waals surface area contributed by atoms with Crippen molar-refractivity contribution in [1.29, 1.82) is 0 Å². The summed E-state index contributed by atoms with van der Waals surface area (Å²) in [6, 6.07) is 7.05. The first-order valence-electron chi connectivity index (χ1n) is 7.37. The number of carbonyl (C=O) groups is 1. The van der Waals surface area contributed by atoms with Crippen LogP contribution in [0.15, 0.2) is 24.3 Å². The van der Waals surface area contributed by atoms with Gasteiger partial charge in [0.15, 0.2) is 5.82 Å². The molecule has 1 atom stereocenters. The van der Waals surface area contributed by atoms with Crippen LogP contribution in [0.1, 0.15) is 31.6 Å². The first-order valence-corrected chi connectivity index (χ1v) is 7.75. The highest BCUT2D eigenvalue weighted by Gasteiger charge is 2.21. The minimum absolute atomic E-state index is 0.0468. The highest BCUT2D eigenvalue weighted by Crippen LogP contribution is 2.19. The SMILES string of the molecule is C[C@H](NC(=O)N1CCCC1)c1nc(-c2ccc(Cl)cc2)n[nH]1. The quantitative estimate of drug-likeness (QED) is 0.913. The second kappa shape index (κ2) is 6.36. The lowest BCUT2D eigenvalue weighted by Crippen LogP contribution is -2.39. The average molecular weight is 320 g/mol. The van der Waals surface area contributed by atoms with Crippen molar-refractivity contribution >= 4 is 17.6 Å². The number of hydrogen-bond acceptors (Lipinski definition) is 3. The Balaban J connectivity index is 1.67. The molecule has 0 spiro atoms. The van der Waals surface area contributed by atoms with Gasteiger partial charge in [0.25, 0.3) is 0 Å². The molecule has 0 radical (unpaired) electrons. The van der Waals surface area contributed by atoms with E-state index in [4.69, 9.17) is 11.6 Å². The molecule has 0 unspecified atom stereocenters. The van der Waals surface area contributed by atoms with E-state index in [1.54, 1.807) is 12.1 Å². The van der Waals surface area contributed by atoms with Crippen LogP contribution >= 0.6 is 11.6 Å². The molecule has 2 amide bonds. The third kappa shape index (κ3) is 3.22. The van der Waals surface area contributed by atoms with Crippen molar-refractivity contribution in [2.45, 2.75) is 25.8 Å². The maximum absolute atomic E-state index is 12.1. The van der Waals surface area contributed by atoms with Crippen LogP contribution in [0.5, 0.6) is 0 Å². The summed E-state index contributed by atoms with van der Waals surface area (Å²) in [5.74, 6) is 1.23. The van der Waals surface area contributed by atoms with Crippen molar-refractivity contribution in [3.8, 4) is 11.4 Å². The Bertz CT molecular complexity index is 648. The third-order valence-electron chi connectivity index (χ3n) is 3.75. The van der Waals surface area contributed by atoms with Crippen molar-refractivity contribution in [1.82, 2.24) is 25.4 Å². The average Bonchev–Trinajstić information content (AvgIpc) is 3.20. The Morgan fingerprint density at radius 1 is 1.32 bits per heavy atom. The van der Waals surface area contributed by atoms with E-state index in [2.05, 4.69) is 20.5 Å². The number of likely N-dealkylation sites (tertiary alicyclic amines) is 1. The monoisotopic (exact) mass is 319 g/mol. The molecule has 1 fully saturated rings. The fourth-order valence-electron chi connectivity index (χ4n) is 2.46. The summed E-state index contributed by atoms with van der Waals surface area (Å²) in [5, 5.41) is 10.7. The number of aromatic amines is 1. The zero-order valence-electron chi connectivity index (χ0n) is 12.3. The number of H-pyrrole nitrogens is 1. The molecular formula is C15H18ClN5O. The minimum atomic E-state index is -0.221. The molecule has 2 N–H and O–H groups in total. The predicted octanol–water partition coefficient (Wildman–Crippen LogP) is 2.99. The molecule has 1 aliphatic rings. The second-order valence-corrected chi connectivity index (χ2v) is 5.85. The number of amides is 2. The molecule has 22 heavy (non-hydrogen) atoms. The van der Waals surface area contributed by atoms with Gasteiger partial charge in [-0.05, 0) is 44.0 Å². The second-order valence-electron chi connectivity index (χ2n) is 5.42. The number of benzene rings is 1. The van der Waals surface area contributed by atoms with E-state index >= 15 is 0 Å². The van der Waals surface area contributed by atoms with E-state index in [1.807, 2.05) is 24.0 Å². The van der Waals surface area contributed by atoms with Gasteiger partial charge in [0.2, 0.25) is 0 Å². The van der Waals surface area contributed by atoms with E-state index in [0.717, 1.165) is 31.5 Å². The van der Waals surface area contributed by atoms with Crippen molar-refractivity contribution in [2.24, 2.45) is 0 Å². The van der Waals surface area contributed by atoms with Crippen LogP contribution in [0.3, 0.4) is 0 Å². The van der Waals surface area contributed by atoms with Crippen LogP contribution in [0.4, 0.5) is 4.79 Å². The zero-order chi connectivity index (χ0) is 15.5. The van der Waals surface area contributed by atoms with Gasteiger partial charge in [-0.25, -0.2) is 9.78 Å². The summed E-state index contributed by atoms with van der Waals surface area (Å²) in [6.07, 6.45) is 2.15. The Hall–Kier alpha value is -2.08. The Labute approximate surface area is 133 Å². The minimum Gasteiger partial charge on any atom is -0.328 e. The number of rotatable bonds is 3. The molecule has 2 heterocycles. The fraction of sp³-hybridized carbons (Fsp3) is 0.400. The molecule has 0 aliphatic carbocycles. The van der Waals surface area contributed by atoms with Crippen LogP contribution in [-0.2, 0) is 0 Å². The summed E-state index contributed by atoms with van der Waals surface area (Å²) < 4.78 is 0. The largest absolute Gasteiger partial charge is 0.328 e. The molecule has 6 nitrogen and oxygen atoms in total. The molecule has 1 aromatic carbocycles. The predicted molar refractivity (Wildman–Crippen MR) is 84.6 cm³/mol. The van der Waals surface area contributed by atoms with Crippen molar-refractivity contribution in [2.75, 3.05) is 13.1 Å². The van der Waals surface area contributed by atoms with Gasteiger partial charge in [-0.1, -0.05) is 11.6 Å². The van der Waals surface area contributed by atoms with Gasteiger partial charge in [-0.3, -0.25) is 5.10 Å². The van der Waals surface area contributed by atoms with E-state index in [-0.39, 0.29) is 12.1 Å². The molecule has 1 aliphatic heterocycles. The summed E-state index contributed by atoms with van der Waals surface area (Å²) in [6.45, 7) is 3.54. The van der Waals surface area contributed by atoms with Gasteiger partial charge in [-0.15, -0.1) is 0 Å². The van der Waals surface area contributed by atoms with Gasteiger partial charge in [0.05, 0.1) is 6.04 Å². The summed E-state index contributed by atoms with van der Waals surface area (Å²) in [7, 11) is 0. The smallest absolute Gasteiger partial charge is 0.317 e. The molecule has 3 rings (SSSR count). The van der Waals surface area contributed by atoms with Crippen LogP contribution in [0.25, 0.3) is 11.4 Å².